The summed E-state index contributed by atoms with van der Waals surface area (Å²) in [7, 11) is 0. The van der Waals surface area contributed by atoms with Crippen molar-refractivity contribution < 1.29 is 0 Å². The molecule has 0 amide bonds. The molecule has 2 nitrogen and oxygen atoms in total. The van der Waals surface area contributed by atoms with Crippen molar-refractivity contribution in [1.82, 2.24) is 0 Å². The zero-order valence-corrected chi connectivity index (χ0v) is 10.7. The number of nitrogens with one attached hydrogen (secondary N) is 1. The number of hydrogen-bond donors (Lipinski definition) is 2. The number of halogens is 1. The van der Waals surface area contributed by atoms with Gasteiger partial charge in [-0.05, 0) is 49.2 Å². The fourth-order valence-corrected chi connectivity index (χ4v) is 1.84. The highest BCUT2D eigenvalue weighted by Crippen LogP contribution is 2.28. The van der Waals surface area contributed by atoms with E-state index in [1.807, 2.05) is 50.2 Å². The lowest BCUT2D eigenvalue weighted by molar-refractivity contribution is 1.39. The Morgan fingerprint density at radius 2 is 1.82 bits per heavy atom. The summed E-state index contributed by atoms with van der Waals surface area (Å²) < 4.78 is 0. The molecule has 2 rings (SSSR count). The van der Waals surface area contributed by atoms with Crippen LogP contribution in [0.4, 0.5) is 17.1 Å². The van der Waals surface area contributed by atoms with E-state index in [1.54, 1.807) is 0 Å². The van der Waals surface area contributed by atoms with E-state index in [0.717, 1.165) is 33.2 Å². The van der Waals surface area contributed by atoms with Gasteiger partial charge >= 0.3 is 0 Å². The van der Waals surface area contributed by atoms with Crippen LogP contribution in [-0.4, -0.2) is 0 Å². The van der Waals surface area contributed by atoms with Crippen molar-refractivity contribution >= 4 is 28.7 Å². The van der Waals surface area contributed by atoms with E-state index in [4.69, 9.17) is 17.3 Å². The first kappa shape index (κ1) is 11.8. The first-order valence-electron chi connectivity index (χ1n) is 5.46. The maximum Gasteiger partial charge on any atom is 0.0434 e. The van der Waals surface area contributed by atoms with E-state index in [1.165, 1.54) is 0 Å². The van der Waals surface area contributed by atoms with Crippen molar-refractivity contribution in [1.29, 1.82) is 0 Å². The SMILES string of the molecule is Cc1ccc(Cl)cc1Nc1cccc(N)c1C. The normalized spacial score (nSPS) is 10.3. The zero-order valence-electron chi connectivity index (χ0n) is 9.92. The minimum absolute atomic E-state index is 0.722. The van der Waals surface area contributed by atoms with E-state index in [0.29, 0.717) is 0 Å². The van der Waals surface area contributed by atoms with Crippen molar-refractivity contribution in [3.8, 4) is 0 Å². The van der Waals surface area contributed by atoms with Gasteiger partial charge in [0.1, 0.15) is 0 Å². The molecule has 3 heteroatoms. The fourth-order valence-electron chi connectivity index (χ4n) is 1.66. The Morgan fingerprint density at radius 3 is 2.59 bits per heavy atom. The summed E-state index contributed by atoms with van der Waals surface area (Å²) in [4.78, 5) is 0. The molecule has 2 aromatic rings. The van der Waals surface area contributed by atoms with Crippen LogP contribution in [0.25, 0.3) is 0 Å². The summed E-state index contributed by atoms with van der Waals surface area (Å²) in [5.41, 5.74) is 10.9. The van der Waals surface area contributed by atoms with Gasteiger partial charge in [0.2, 0.25) is 0 Å². The summed E-state index contributed by atoms with van der Waals surface area (Å²) in [6.07, 6.45) is 0. The molecule has 0 aliphatic heterocycles. The molecule has 0 saturated carbocycles. The molecule has 0 saturated heterocycles. The second-order valence-electron chi connectivity index (χ2n) is 4.10. The highest BCUT2D eigenvalue weighted by Gasteiger charge is 2.04. The summed E-state index contributed by atoms with van der Waals surface area (Å²) in [6.45, 7) is 4.04. The van der Waals surface area contributed by atoms with Crippen LogP contribution in [0, 0.1) is 13.8 Å². The molecule has 0 unspecified atom stereocenters. The Balaban J connectivity index is 2.38. The van der Waals surface area contributed by atoms with Gasteiger partial charge in [0, 0.05) is 22.1 Å². The summed E-state index contributed by atoms with van der Waals surface area (Å²) in [6, 6.07) is 11.6. The second-order valence-corrected chi connectivity index (χ2v) is 4.54. The third-order valence-electron chi connectivity index (χ3n) is 2.84. The number of rotatable bonds is 2. The van der Waals surface area contributed by atoms with Crippen LogP contribution in [0.15, 0.2) is 36.4 Å². The maximum absolute atomic E-state index is 5.99. The van der Waals surface area contributed by atoms with Crippen LogP contribution in [0.5, 0.6) is 0 Å². The summed E-state index contributed by atoms with van der Waals surface area (Å²) >= 11 is 5.99. The van der Waals surface area contributed by atoms with Crippen molar-refractivity contribution in [2.75, 3.05) is 11.1 Å². The van der Waals surface area contributed by atoms with Crippen LogP contribution in [0.2, 0.25) is 5.02 Å². The van der Waals surface area contributed by atoms with Crippen molar-refractivity contribution in [2.45, 2.75) is 13.8 Å². The van der Waals surface area contributed by atoms with Gasteiger partial charge in [0.15, 0.2) is 0 Å². The summed E-state index contributed by atoms with van der Waals surface area (Å²) in [5, 5.41) is 4.08. The monoisotopic (exact) mass is 246 g/mol. The average molecular weight is 247 g/mol. The molecule has 0 heterocycles. The van der Waals surface area contributed by atoms with Gasteiger partial charge in [0.25, 0.3) is 0 Å². The quantitative estimate of drug-likeness (QED) is 0.776. The van der Waals surface area contributed by atoms with Crippen LogP contribution < -0.4 is 11.1 Å². The van der Waals surface area contributed by atoms with Gasteiger partial charge in [-0.15, -0.1) is 0 Å². The first-order chi connectivity index (χ1) is 8.08. The molecule has 0 radical (unpaired) electrons. The van der Waals surface area contributed by atoms with Gasteiger partial charge in [-0.25, -0.2) is 0 Å². The molecule has 0 aliphatic rings. The number of benzene rings is 2. The van der Waals surface area contributed by atoms with Gasteiger partial charge in [-0.3, -0.25) is 0 Å². The highest BCUT2D eigenvalue weighted by molar-refractivity contribution is 6.30. The third kappa shape index (κ3) is 2.53. The second kappa shape index (κ2) is 4.68. The molecule has 3 N–H and O–H groups in total. The standard InChI is InChI=1S/C14H15ClN2/c1-9-6-7-11(15)8-14(9)17-13-5-3-4-12(16)10(13)2/h3-8,17H,16H2,1-2H3. The van der Waals surface area contributed by atoms with E-state index < -0.39 is 0 Å². The van der Waals surface area contributed by atoms with Crippen LogP contribution in [0.1, 0.15) is 11.1 Å². The van der Waals surface area contributed by atoms with Crippen LogP contribution >= 0.6 is 11.6 Å². The van der Waals surface area contributed by atoms with Crippen LogP contribution in [0.3, 0.4) is 0 Å². The Labute approximate surface area is 106 Å². The summed E-state index contributed by atoms with van der Waals surface area (Å²) in [5.74, 6) is 0. The molecule has 17 heavy (non-hydrogen) atoms. The Hall–Kier alpha value is -1.67. The predicted octanol–water partition coefficient (Wildman–Crippen LogP) is 4.28. The molecule has 0 spiro atoms. The molecule has 2 aromatic carbocycles. The highest BCUT2D eigenvalue weighted by atomic mass is 35.5. The average Bonchev–Trinajstić information content (AvgIpc) is 2.30. The van der Waals surface area contributed by atoms with Crippen molar-refractivity contribution in [3.63, 3.8) is 0 Å². The topological polar surface area (TPSA) is 38.0 Å². The Bertz CT molecular complexity index is 550. The van der Waals surface area contributed by atoms with Gasteiger partial charge < -0.3 is 11.1 Å². The molecule has 0 atom stereocenters. The lowest BCUT2D eigenvalue weighted by Gasteiger charge is -2.13. The minimum Gasteiger partial charge on any atom is -0.398 e. The zero-order chi connectivity index (χ0) is 12.4. The van der Waals surface area contributed by atoms with Crippen molar-refractivity contribution in [3.05, 3.63) is 52.5 Å². The Morgan fingerprint density at radius 1 is 1.06 bits per heavy atom. The molecular formula is C14H15ClN2. The molecule has 0 fully saturated rings. The van der Waals surface area contributed by atoms with Gasteiger partial charge in [-0.1, -0.05) is 23.7 Å². The first-order valence-corrected chi connectivity index (χ1v) is 5.84. The van der Waals surface area contributed by atoms with Crippen LogP contribution in [-0.2, 0) is 0 Å². The fraction of sp³-hybridized carbons (Fsp3) is 0.143. The molecular weight excluding hydrogens is 232 g/mol. The van der Waals surface area contributed by atoms with E-state index in [9.17, 15) is 0 Å². The number of anilines is 3. The maximum atomic E-state index is 5.99. The number of nitrogen functional groups attached to an aromatic ring is 1. The largest absolute Gasteiger partial charge is 0.398 e. The lowest BCUT2D eigenvalue weighted by atomic mass is 10.1. The molecule has 88 valence electrons. The van der Waals surface area contributed by atoms with E-state index in [2.05, 4.69) is 5.32 Å². The van der Waals surface area contributed by atoms with Gasteiger partial charge in [0.05, 0.1) is 0 Å². The molecule has 0 aliphatic carbocycles. The third-order valence-corrected chi connectivity index (χ3v) is 3.08. The lowest BCUT2D eigenvalue weighted by Crippen LogP contribution is -1.98. The number of nitrogens with two attached hydrogens (primary N) is 1. The number of aryl methyl sites for hydroxylation is 1. The minimum atomic E-state index is 0.722. The number of hydrogen-bond acceptors (Lipinski definition) is 2. The molecule has 0 bridgehead atoms. The van der Waals surface area contributed by atoms with E-state index >= 15 is 0 Å². The smallest absolute Gasteiger partial charge is 0.0434 e. The van der Waals surface area contributed by atoms with Gasteiger partial charge in [-0.2, -0.15) is 0 Å². The molecule has 0 aromatic heterocycles. The predicted molar refractivity (Wildman–Crippen MR) is 75.1 cm³/mol. The Kier molecular flexibility index (Phi) is 3.25. The van der Waals surface area contributed by atoms with Crippen molar-refractivity contribution in [2.24, 2.45) is 0 Å². The van der Waals surface area contributed by atoms with E-state index in [-0.39, 0.29) is 0 Å².